The van der Waals surface area contributed by atoms with Gasteiger partial charge in [0.15, 0.2) is 11.8 Å². The molecule has 0 aliphatic carbocycles. The molecule has 1 atom stereocenters. The summed E-state index contributed by atoms with van der Waals surface area (Å²) in [5.74, 6) is -1.02. The molecule has 0 spiro atoms. The highest BCUT2D eigenvalue weighted by atomic mass is 32.2. The molecule has 3 heterocycles. The van der Waals surface area contributed by atoms with E-state index in [1.54, 1.807) is 47.3 Å². The fourth-order valence-electron chi connectivity index (χ4n) is 3.86. The highest BCUT2D eigenvalue weighted by molar-refractivity contribution is 7.89. The average molecular weight is 486 g/mol. The van der Waals surface area contributed by atoms with Crippen molar-refractivity contribution in [3.8, 4) is 0 Å². The van der Waals surface area contributed by atoms with E-state index in [9.17, 15) is 18.0 Å². The number of hydrogen-bond donors (Lipinski definition) is 0. The van der Waals surface area contributed by atoms with Gasteiger partial charge in [0.2, 0.25) is 10.0 Å². The smallest absolute Gasteiger partial charge is 0.340 e. The third kappa shape index (κ3) is 4.66. The fraction of sp³-hybridized carbons (Fsp3) is 0.391. The van der Waals surface area contributed by atoms with Crippen LogP contribution >= 0.6 is 0 Å². The van der Waals surface area contributed by atoms with Gasteiger partial charge in [0.1, 0.15) is 0 Å². The molecule has 0 bridgehead atoms. The zero-order valence-corrected chi connectivity index (χ0v) is 20.1. The number of nitrogens with zero attached hydrogens (tertiary/aromatic N) is 5. The minimum absolute atomic E-state index is 0.128. The van der Waals surface area contributed by atoms with E-state index >= 15 is 0 Å². The molecule has 0 saturated carbocycles. The van der Waals surface area contributed by atoms with Crippen LogP contribution in [0.4, 0.5) is 0 Å². The third-order valence-corrected chi connectivity index (χ3v) is 7.63. The molecule has 3 aromatic rings. The molecule has 1 aromatic carbocycles. The summed E-state index contributed by atoms with van der Waals surface area (Å²) in [4.78, 5) is 31.5. The van der Waals surface area contributed by atoms with Crippen molar-refractivity contribution < 1.29 is 22.7 Å². The Morgan fingerprint density at radius 2 is 1.68 bits per heavy atom. The molecular formula is C23H27N5O5S. The van der Waals surface area contributed by atoms with E-state index in [0.29, 0.717) is 11.0 Å². The Balaban J connectivity index is 1.36. The van der Waals surface area contributed by atoms with E-state index in [0.717, 1.165) is 0 Å². The van der Waals surface area contributed by atoms with E-state index in [1.165, 1.54) is 22.3 Å². The van der Waals surface area contributed by atoms with Crippen molar-refractivity contribution >= 4 is 32.9 Å². The molecule has 180 valence electrons. The summed E-state index contributed by atoms with van der Waals surface area (Å²) in [5, 5.41) is 4.99. The number of amides is 1. The molecule has 11 heteroatoms. The number of hydrogen-bond acceptors (Lipinski definition) is 7. The average Bonchev–Trinajstić information content (AvgIpc) is 3.28. The molecule has 1 aliphatic heterocycles. The maximum absolute atomic E-state index is 12.8. The van der Waals surface area contributed by atoms with Crippen molar-refractivity contribution in [3.05, 3.63) is 54.4 Å². The second kappa shape index (κ2) is 9.51. The van der Waals surface area contributed by atoms with Crippen LogP contribution < -0.4 is 0 Å². The van der Waals surface area contributed by atoms with Gasteiger partial charge in [-0.1, -0.05) is 18.2 Å². The fourth-order valence-corrected chi connectivity index (χ4v) is 5.30. The van der Waals surface area contributed by atoms with Gasteiger partial charge < -0.3 is 9.64 Å². The summed E-state index contributed by atoms with van der Waals surface area (Å²) >= 11 is 0. The van der Waals surface area contributed by atoms with Gasteiger partial charge >= 0.3 is 5.97 Å². The third-order valence-electron chi connectivity index (χ3n) is 5.72. The van der Waals surface area contributed by atoms with Crippen molar-refractivity contribution in [1.82, 2.24) is 24.0 Å². The minimum atomic E-state index is -3.61. The van der Waals surface area contributed by atoms with Gasteiger partial charge in [0, 0.05) is 43.8 Å². The highest BCUT2D eigenvalue weighted by Gasteiger charge is 2.32. The highest BCUT2D eigenvalue weighted by Crippen LogP contribution is 2.19. The summed E-state index contributed by atoms with van der Waals surface area (Å²) in [7, 11) is -3.61. The largest absolute Gasteiger partial charge is 0.449 e. The van der Waals surface area contributed by atoms with Crippen LogP contribution in [0, 0.1) is 0 Å². The number of piperazine rings is 1. The van der Waals surface area contributed by atoms with E-state index in [1.807, 2.05) is 13.8 Å². The topological polar surface area (TPSA) is 115 Å². The number of carbonyl (C=O) groups is 2. The minimum Gasteiger partial charge on any atom is -0.449 e. The Bertz CT molecular complexity index is 1300. The lowest BCUT2D eigenvalue weighted by Gasteiger charge is -2.35. The molecule has 1 fully saturated rings. The molecule has 4 rings (SSSR count). The number of pyridine rings is 1. The van der Waals surface area contributed by atoms with E-state index < -0.39 is 22.1 Å². The molecule has 0 unspecified atom stereocenters. The number of esters is 1. The van der Waals surface area contributed by atoms with E-state index in [4.69, 9.17) is 4.74 Å². The molecule has 34 heavy (non-hydrogen) atoms. The Morgan fingerprint density at radius 3 is 2.32 bits per heavy atom. The van der Waals surface area contributed by atoms with Crippen LogP contribution in [0.1, 0.15) is 37.2 Å². The predicted octanol–water partition coefficient (Wildman–Crippen LogP) is 2.09. The van der Waals surface area contributed by atoms with Crippen molar-refractivity contribution in [1.29, 1.82) is 0 Å². The van der Waals surface area contributed by atoms with Gasteiger partial charge in [-0.05, 0) is 39.0 Å². The SMILES string of the molecule is CC(C)n1ncc2cc(C(=O)O[C@@H](C)C(=O)N3CCN(S(=O)(=O)c4ccccc4)CC3)cnc21. The van der Waals surface area contributed by atoms with Crippen LogP contribution in [0.5, 0.6) is 0 Å². The Labute approximate surface area is 198 Å². The van der Waals surface area contributed by atoms with E-state index in [2.05, 4.69) is 10.1 Å². The summed E-state index contributed by atoms with van der Waals surface area (Å²) in [5.41, 5.74) is 0.897. The molecular weight excluding hydrogens is 458 g/mol. The van der Waals surface area contributed by atoms with Crippen molar-refractivity contribution in [2.75, 3.05) is 26.2 Å². The first-order chi connectivity index (χ1) is 16.2. The molecule has 1 saturated heterocycles. The number of aromatic nitrogens is 3. The predicted molar refractivity (Wildman–Crippen MR) is 125 cm³/mol. The van der Waals surface area contributed by atoms with Gasteiger partial charge in [0.25, 0.3) is 5.91 Å². The zero-order valence-electron chi connectivity index (χ0n) is 19.3. The molecule has 10 nitrogen and oxygen atoms in total. The number of benzene rings is 1. The molecule has 1 amide bonds. The summed E-state index contributed by atoms with van der Waals surface area (Å²) in [6.45, 7) is 6.26. The van der Waals surface area contributed by atoms with Gasteiger partial charge in [-0.15, -0.1) is 0 Å². The second-order valence-electron chi connectivity index (χ2n) is 8.41. The molecule has 1 aliphatic rings. The lowest BCUT2D eigenvalue weighted by atomic mass is 10.2. The van der Waals surface area contributed by atoms with Crippen LogP contribution in [-0.2, 0) is 19.6 Å². The summed E-state index contributed by atoms with van der Waals surface area (Å²) in [6.07, 6.45) is 2.03. The maximum Gasteiger partial charge on any atom is 0.340 e. The quantitative estimate of drug-likeness (QED) is 0.491. The van der Waals surface area contributed by atoms with Crippen molar-refractivity contribution in [3.63, 3.8) is 0 Å². The Hall–Kier alpha value is -3.31. The summed E-state index contributed by atoms with van der Waals surface area (Å²) < 4.78 is 34.1. The summed E-state index contributed by atoms with van der Waals surface area (Å²) in [6, 6.07) is 9.97. The van der Waals surface area contributed by atoms with Crippen LogP contribution in [0.2, 0.25) is 0 Å². The maximum atomic E-state index is 12.8. The van der Waals surface area contributed by atoms with E-state index in [-0.39, 0.29) is 48.6 Å². The number of ether oxygens (including phenoxy) is 1. The Morgan fingerprint density at radius 1 is 1.00 bits per heavy atom. The van der Waals surface area contributed by atoms with Crippen LogP contribution in [0.3, 0.4) is 0 Å². The molecule has 2 aromatic heterocycles. The first-order valence-corrected chi connectivity index (χ1v) is 12.5. The normalized spacial score (nSPS) is 16.1. The van der Waals surface area contributed by atoms with Crippen molar-refractivity contribution in [2.24, 2.45) is 0 Å². The van der Waals surface area contributed by atoms with Gasteiger partial charge in [-0.25, -0.2) is 22.9 Å². The number of sulfonamides is 1. The number of fused-ring (bicyclic) bond motifs is 1. The van der Waals surface area contributed by atoms with Crippen LogP contribution in [-0.4, -0.2) is 76.5 Å². The number of carbonyl (C=O) groups excluding carboxylic acids is 2. The lowest BCUT2D eigenvalue weighted by Crippen LogP contribution is -2.52. The molecule has 0 radical (unpaired) electrons. The Kier molecular flexibility index (Phi) is 6.67. The van der Waals surface area contributed by atoms with Gasteiger partial charge in [-0.3, -0.25) is 4.79 Å². The van der Waals surface area contributed by atoms with Crippen molar-refractivity contribution in [2.45, 2.75) is 37.8 Å². The van der Waals surface area contributed by atoms with Gasteiger partial charge in [-0.2, -0.15) is 9.40 Å². The first kappa shape index (κ1) is 23.8. The van der Waals surface area contributed by atoms with Crippen LogP contribution in [0.15, 0.2) is 53.7 Å². The monoisotopic (exact) mass is 485 g/mol. The first-order valence-electron chi connectivity index (χ1n) is 11.1. The van der Waals surface area contributed by atoms with Crippen LogP contribution in [0.25, 0.3) is 11.0 Å². The number of rotatable bonds is 6. The standard InChI is InChI=1S/C23H27N5O5S/c1-16(2)28-21-18(15-25-28)13-19(14-24-21)23(30)33-17(3)22(29)26-9-11-27(12-10-26)34(31,32)20-7-5-4-6-8-20/h4-8,13-17H,9-12H2,1-3H3/t17-/m0/s1. The zero-order chi connectivity index (χ0) is 24.5. The second-order valence-corrected chi connectivity index (χ2v) is 10.3. The molecule has 0 N–H and O–H groups in total. The van der Waals surface area contributed by atoms with Gasteiger partial charge in [0.05, 0.1) is 16.7 Å². The lowest BCUT2D eigenvalue weighted by molar-refractivity contribution is -0.141.